The zero-order chi connectivity index (χ0) is 15.5. The van der Waals surface area contributed by atoms with Gasteiger partial charge < -0.3 is 5.11 Å². The summed E-state index contributed by atoms with van der Waals surface area (Å²) in [5.41, 5.74) is 1.84. The largest absolute Gasteiger partial charge is 0.390 e. The van der Waals surface area contributed by atoms with Gasteiger partial charge >= 0.3 is 0 Å². The molecule has 0 saturated carbocycles. The molecular formula is C16H13F2N3O. The average Bonchev–Trinajstić information content (AvgIpc) is 2.93. The van der Waals surface area contributed by atoms with Crippen molar-refractivity contribution in [3.05, 3.63) is 71.4 Å². The highest BCUT2D eigenvalue weighted by atomic mass is 19.1. The maximum Gasteiger partial charge on any atom is 0.132 e. The lowest BCUT2D eigenvalue weighted by Gasteiger charge is -2.09. The topological polar surface area (TPSA) is 50.9 Å². The van der Waals surface area contributed by atoms with E-state index in [1.165, 1.54) is 22.9 Å². The highest BCUT2D eigenvalue weighted by Crippen LogP contribution is 2.25. The molecule has 2 aromatic carbocycles. The standard InChI is InChI=1S/C16H13F2N3O/c17-12-7-5-11(6-8-12)9-21-16(15(10-22)19-20-21)13-3-1-2-4-14(13)18/h1-8,22H,9-10H2. The van der Waals surface area contributed by atoms with Crippen LogP contribution in [0.1, 0.15) is 11.3 Å². The van der Waals surface area contributed by atoms with Crippen LogP contribution in [0, 0.1) is 11.6 Å². The predicted octanol–water partition coefficient (Wildman–Crippen LogP) is 2.76. The SMILES string of the molecule is OCc1nnn(Cc2ccc(F)cc2)c1-c1ccccc1F. The van der Waals surface area contributed by atoms with E-state index in [0.717, 1.165) is 5.56 Å². The number of nitrogens with zero attached hydrogens (tertiary/aromatic N) is 3. The second-order valence-electron chi connectivity index (χ2n) is 4.81. The van der Waals surface area contributed by atoms with Gasteiger partial charge in [-0.1, -0.05) is 29.5 Å². The molecule has 0 aliphatic rings. The number of hydrogen-bond donors (Lipinski definition) is 1. The first-order valence-electron chi connectivity index (χ1n) is 6.71. The minimum atomic E-state index is -0.417. The summed E-state index contributed by atoms with van der Waals surface area (Å²) in [5.74, 6) is -0.743. The number of aliphatic hydroxyl groups is 1. The van der Waals surface area contributed by atoms with E-state index in [-0.39, 0.29) is 12.4 Å². The summed E-state index contributed by atoms with van der Waals surface area (Å²) in [4.78, 5) is 0. The minimum absolute atomic E-state index is 0.298. The molecule has 22 heavy (non-hydrogen) atoms. The number of benzene rings is 2. The first-order valence-corrected chi connectivity index (χ1v) is 6.71. The molecule has 0 unspecified atom stereocenters. The Kier molecular flexibility index (Phi) is 3.93. The Morgan fingerprint density at radius 1 is 1.00 bits per heavy atom. The molecule has 1 heterocycles. The zero-order valence-corrected chi connectivity index (χ0v) is 11.6. The van der Waals surface area contributed by atoms with Crippen molar-refractivity contribution >= 4 is 0 Å². The molecule has 4 nitrogen and oxygen atoms in total. The van der Waals surface area contributed by atoms with E-state index in [1.807, 2.05) is 0 Å². The van der Waals surface area contributed by atoms with Crippen molar-refractivity contribution in [3.63, 3.8) is 0 Å². The Labute approximate surface area is 125 Å². The molecule has 112 valence electrons. The number of halogens is 2. The second kappa shape index (κ2) is 6.03. The number of aromatic nitrogens is 3. The molecule has 3 aromatic rings. The van der Waals surface area contributed by atoms with Gasteiger partial charge in [0.1, 0.15) is 17.3 Å². The lowest BCUT2D eigenvalue weighted by atomic mass is 10.1. The smallest absolute Gasteiger partial charge is 0.132 e. The maximum atomic E-state index is 14.0. The monoisotopic (exact) mass is 301 g/mol. The van der Waals surface area contributed by atoms with Crippen molar-refractivity contribution in [3.8, 4) is 11.3 Å². The van der Waals surface area contributed by atoms with Gasteiger partial charge in [-0.05, 0) is 29.8 Å². The van der Waals surface area contributed by atoms with Crippen LogP contribution < -0.4 is 0 Å². The fourth-order valence-electron chi connectivity index (χ4n) is 2.28. The van der Waals surface area contributed by atoms with Crippen LogP contribution in [0.5, 0.6) is 0 Å². The van der Waals surface area contributed by atoms with E-state index in [9.17, 15) is 13.9 Å². The Morgan fingerprint density at radius 3 is 2.41 bits per heavy atom. The molecule has 6 heteroatoms. The van der Waals surface area contributed by atoms with Crippen molar-refractivity contribution in [1.82, 2.24) is 15.0 Å². The second-order valence-corrected chi connectivity index (χ2v) is 4.81. The quantitative estimate of drug-likeness (QED) is 0.806. The molecule has 3 rings (SSSR count). The van der Waals surface area contributed by atoms with Gasteiger partial charge in [0.2, 0.25) is 0 Å². The molecule has 0 spiro atoms. The fourth-order valence-corrected chi connectivity index (χ4v) is 2.28. The van der Waals surface area contributed by atoms with Gasteiger partial charge in [0.05, 0.1) is 18.8 Å². The van der Waals surface area contributed by atoms with Crippen LogP contribution in [-0.2, 0) is 13.2 Å². The van der Waals surface area contributed by atoms with E-state index < -0.39 is 5.82 Å². The van der Waals surface area contributed by atoms with Gasteiger partial charge in [0, 0.05) is 5.56 Å². The molecule has 0 fully saturated rings. The predicted molar refractivity (Wildman–Crippen MR) is 76.8 cm³/mol. The zero-order valence-electron chi connectivity index (χ0n) is 11.6. The molecule has 1 N–H and O–H groups in total. The number of hydrogen-bond acceptors (Lipinski definition) is 3. The lowest BCUT2D eigenvalue weighted by Crippen LogP contribution is -2.05. The Hall–Kier alpha value is -2.60. The van der Waals surface area contributed by atoms with Gasteiger partial charge in [-0.15, -0.1) is 5.10 Å². The molecule has 0 saturated heterocycles. The highest BCUT2D eigenvalue weighted by Gasteiger charge is 2.17. The number of rotatable bonds is 4. The summed E-state index contributed by atoms with van der Waals surface area (Å²) in [6.07, 6.45) is 0. The van der Waals surface area contributed by atoms with Crippen molar-refractivity contribution in [2.45, 2.75) is 13.2 Å². The Bertz CT molecular complexity index is 784. The molecule has 0 atom stereocenters. The van der Waals surface area contributed by atoms with Crippen molar-refractivity contribution in [2.24, 2.45) is 0 Å². The normalized spacial score (nSPS) is 10.9. The molecule has 1 aromatic heterocycles. The van der Waals surface area contributed by atoms with Crippen LogP contribution in [-0.4, -0.2) is 20.1 Å². The minimum Gasteiger partial charge on any atom is -0.390 e. The first-order chi connectivity index (χ1) is 10.7. The number of aliphatic hydroxyl groups excluding tert-OH is 1. The summed E-state index contributed by atoms with van der Waals surface area (Å²) in [5, 5.41) is 17.3. The van der Waals surface area contributed by atoms with E-state index >= 15 is 0 Å². The summed E-state index contributed by atoms with van der Waals surface area (Å²) in [6.45, 7) is -0.0377. The van der Waals surface area contributed by atoms with Crippen LogP contribution in [0.3, 0.4) is 0 Å². The summed E-state index contributed by atoms with van der Waals surface area (Å²) in [6, 6.07) is 12.2. The van der Waals surface area contributed by atoms with Gasteiger partial charge in [-0.3, -0.25) is 0 Å². The molecule has 0 radical (unpaired) electrons. The van der Waals surface area contributed by atoms with Gasteiger partial charge in [-0.2, -0.15) is 0 Å². The third-order valence-electron chi connectivity index (χ3n) is 3.33. The third kappa shape index (κ3) is 2.73. The Morgan fingerprint density at radius 2 is 1.73 bits per heavy atom. The molecule has 0 bridgehead atoms. The van der Waals surface area contributed by atoms with E-state index in [0.29, 0.717) is 23.5 Å². The van der Waals surface area contributed by atoms with Crippen LogP contribution in [0.4, 0.5) is 8.78 Å². The highest BCUT2D eigenvalue weighted by molar-refractivity contribution is 5.62. The summed E-state index contributed by atoms with van der Waals surface area (Å²) in [7, 11) is 0. The first kappa shape index (κ1) is 14.3. The van der Waals surface area contributed by atoms with Gasteiger partial charge in [-0.25, -0.2) is 13.5 Å². The Balaban J connectivity index is 2.04. The van der Waals surface area contributed by atoms with E-state index in [4.69, 9.17) is 0 Å². The lowest BCUT2D eigenvalue weighted by molar-refractivity contribution is 0.277. The molecule has 0 aliphatic heterocycles. The molecule has 0 aliphatic carbocycles. The van der Waals surface area contributed by atoms with Gasteiger partial charge in [0.25, 0.3) is 0 Å². The van der Waals surface area contributed by atoms with Crippen LogP contribution in [0.2, 0.25) is 0 Å². The maximum absolute atomic E-state index is 14.0. The third-order valence-corrected chi connectivity index (χ3v) is 3.33. The van der Waals surface area contributed by atoms with Crippen molar-refractivity contribution in [2.75, 3.05) is 0 Å². The van der Waals surface area contributed by atoms with E-state index in [1.54, 1.807) is 30.3 Å². The summed E-state index contributed by atoms with van der Waals surface area (Å²) < 4.78 is 28.5. The van der Waals surface area contributed by atoms with Crippen LogP contribution in [0.25, 0.3) is 11.3 Å². The average molecular weight is 301 g/mol. The molecular weight excluding hydrogens is 288 g/mol. The van der Waals surface area contributed by atoms with E-state index in [2.05, 4.69) is 10.3 Å². The van der Waals surface area contributed by atoms with Crippen molar-refractivity contribution in [1.29, 1.82) is 0 Å². The van der Waals surface area contributed by atoms with Crippen LogP contribution >= 0.6 is 0 Å². The van der Waals surface area contributed by atoms with Crippen LogP contribution in [0.15, 0.2) is 48.5 Å². The molecule has 0 amide bonds. The summed E-state index contributed by atoms with van der Waals surface area (Å²) >= 11 is 0. The van der Waals surface area contributed by atoms with Crippen molar-refractivity contribution < 1.29 is 13.9 Å². The fraction of sp³-hybridized carbons (Fsp3) is 0.125. The van der Waals surface area contributed by atoms with Gasteiger partial charge in [0.15, 0.2) is 0 Å².